The summed E-state index contributed by atoms with van der Waals surface area (Å²) in [6.07, 6.45) is 0. The normalized spacial score (nSPS) is 11.1. The molecular formula is C33H25BrCl2N2O4S. The van der Waals surface area contributed by atoms with Crippen molar-refractivity contribution < 1.29 is 17.9 Å². The zero-order valence-electron chi connectivity index (χ0n) is 22.6. The Hall–Kier alpha value is -3.82. The Morgan fingerprint density at radius 1 is 0.767 bits per heavy atom. The van der Waals surface area contributed by atoms with Crippen LogP contribution >= 0.6 is 39.1 Å². The molecule has 5 aromatic rings. The molecule has 0 fully saturated rings. The van der Waals surface area contributed by atoms with E-state index in [0.29, 0.717) is 34.6 Å². The minimum absolute atomic E-state index is 0.0108. The molecule has 0 aliphatic carbocycles. The fourth-order valence-electron chi connectivity index (χ4n) is 4.31. The molecule has 0 heterocycles. The molecular weight excluding hydrogens is 671 g/mol. The van der Waals surface area contributed by atoms with E-state index in [1.165, 1.54) is 42.5 Å². The van der Waals surface area contributed by atoms with Crippen molar-refractivity contribution in [3.05, 3.63) is 153 Å². The molecule has 1 amide bonds. The maximum absolute atomic E-state index is 14.1. The third-order valence-corrected chi connectivity index (χ3v) is 8.90. The van der Waals surface area contributed by atoms with E-state index in [-0.39, 0.29) is 22.1 Å². The van der Waals surface area contributed by atoms with Crippen molar-refractivity contribution in [1.82, 2.24) is 4.90 Å². The molecule has 0 spiro atoms. The number of ether oxygens (including phenoxy) is 1. The minimum Gasteiger partial charge on any atom is -0.456 e. The second-order valence-electron chi connectivity index (χ2n) is 9.57. The van der Waals surface area contributed by atoms with E-state index in [4.69, 9.17) is 27.9 Å². The first kappa shape index (κ1) is 30.6. The highest BCUT2D eigenvalue weighted by Crippen LogP contribution is 2.31. The summed E-state index contributed by atoms with van der Waals surface area (Å²) in [4.78, 5) is 15.7. The van der Waals surface area contributed by atoms with Crippen LogP contribution in [0.5, 0.6) is 11.5 Å². The molecule has 0 radical (unpaired) electrons. The smallest absolute Gasteiger partial charge is 0.261 e. The molecule has 10 heteroatoms. The SMILES string of the molecule is O=C(c1cc(Cl)ccc1NS(=O)(=O)c1ccc(Oc2ccccc2Cl)cc1)N(Cc1ccccc1)Cc1ccc(Br)cc1. The summed E-state index contributed by atoms with van der Waals surface area (Å²) in [6, 6.07) is 34.6. The van der Waals surface area contributed by atoms with Crippen LogP contribution in [0.3, 0.4) is 0 Å². The largest absolute Gasteiger partial charge is 0.456 e. The number of amides is 1. The van der Waals surface area contributed by atoms with E-state index in [1.54, 1.807) is 29.2 Å². The van der Waals surface area contributed by atoms with Gasteiger partial charge in [0, 0.05) is 22.6 Å². The zero-order valence-corrected chi connectivity index (χ0v) is 26.5. The summed E-state index contributed by atoms with van der Waals surface area (Å²) in [7, 11) is -4.08. The van der Waals surface area contributed by atoms with Gasteiger partial charge in [0.2, 0.25) is 0 Å². The summed E-state index contributed by atoms with van der Waals surface area (Å²) in [5, 5.41) is 0.734. The summed E-state index contributed by atoms with van der Waals surface area (Å²) in [6.45, 7) is 0.605. The topological polar surface area (TPSA) is 75.7 Å². The van der Waals surface area contributed by atoms with E-state index in [2.05, 4.69) is 20.7 Å². The molecule has 0 aromatic heterocycles. The van der Waals surface area contributed by atoms with Crippen molar-refractivity contribution in [3.8, 4) is 11.5 Å². The molecule has 0 atom stereocenters. The zero-order chi connectivity index (χ0) is 30.4. The van der Waals surface area contributed by atoms with Crippen molar-refractivity contribution >= 4 is 60.7 Å². The number of nitrogens with zero attached hydrogens (tertiary/aromatic N) is 1. The van der Waals surface area contributed by atoms with Gasteiger partial charge in [-0.3, -0.25) is 9.52 Å². The van der Waals surface area contributed by atoms with Gasteiger partial charge in [0.15, 0.2) is 0 Å². The van der Waals surface area contributed by atoms with Crippen molar-refractivity contribution in [2.24, 2.45) is 0 Å². The number of benzene rings is 5. The van der Waals surface area contributed by atoms with Gasteiger partial charge in [0.25, 0.3) is 15.9 Å². The molecule has 5 aromatic carbocycles. The molecule has 0 aliphatic rings. The Kier molecular flexibility index (Phi) is 9.72. The molecule has 0 bridgehead atoms. The van der Waals surface area contributed by atoms with Crippen molar-refractivity contribution in [2.75, 3.05) is 4.72 Å². The van der Waals surface area contributed by atoms with Crippen LogP contribution in [0.1, 0.15) is 21.5 Å². The molecule has 6 nitrogen and oxygen atoms in total. The van der Waals surface area contributed by atoms with Crippen LogP contribution in [0.15, 0.2) is 131 Å². The van der Waals surface area contributed by atoms with Crippen LogP contribution in [-0.2, 0) is 23.1 Å². The van der Waals surface area contributed by atoms with Gasteiger partial charge in [-0.05, 0) is 77.9 Å². The van der Waals surface area contributed by atoms with E-state index in [1.807, 2.05) is 54.6 Å². The Labute approximate surface area is 269 Å². The summed E-state index contributed by atoms with van der Waals surface area (Å²) in [5.74, 6) is 0.486. The Morgan fingerprint density at radius 2 is 1.40 bits per heavy atom. The van der Waals surface area contributed by atoms with Gasteiger partial charge in [-0.1, -0.05) is 93.7 Å². The fraction of sp³-hybridized carbons (Fsp3) is 0.0606. The molecule has 5 rings (SSSR count). The average molecular weight is 696 g/mol. The number of sulfonamides is 1. The Bertz CT molecular complexity index is 1840. The second-order valence-corrected chi connectivity index (χ2v) is 13.0. The molecule has 43 heavy (non-hydrogen) atoms. The number of carbonyl (C=O) groups excluding carboxylic acids is 1. The molecule has 1 N–H and O–H groups in total. The third-order valence-electron chi connectivity index (χ3n) is 6.45. The standard InChI is InChI=1S/C33H25BrCl2N2O4S/c34-25-12-10-24(11-13-25)22-38(21-23-6-2-1-3-7-23)33(39)29-20-26(35)14-19-31(29)37-43(40,41)28-17-15-27(16-18-28)42-32-9-5-4-8-30(32)36/h1-20,37H,21-22H2. The number of para-hydroxylation sites is 1. The van der Waals surface area contributed by atoms with Gasteiger partial charge in [0.1, 0.15) is 11.5 Å². The number of nitrogens with one attached hydrogen (secondary N) is 1. The first-order valence-electron chi connectivity index (χ1n) is 13.1. The first-order chi connectivity index (χ1) is 20.7. The van der Waals surface area contributed by atoms with Crippen LogP contribution in [-0.4, -0.2) is 19.2 Å². The molecule has 0 unspecified atom stereocenters. The molecule has 0 aliphatic heterocycles. The van der Waals surface area contributed by atoms with E-state index in [9.17, 15) is 13.2 Å². The Morgan fingerprint density at radius 3 is 2.07 bits per heavy atom. The second kappa shape index (κ2) is 13.7. The predicted octanol–water partition coefficient (Wildman–Crippen LogP) is 9.19. The lowest BCUT2D eigenvalue weighted by Crippen LogP contribution is -2.31. The maximum atomic E-state index is 14.1. The summed E-state index contributed by atoms with van der Waals surface area (Å²) < 4.78 is 36.1. The highest BCUT2D eigenvalue weighted by atomic mass is 79.9. The summed E-state index contributed by atoms with van der Waals surface area (Å²) in [5.41, 5.74) is 2.08. The quantitative estimate of drug-likeness (QED) is 0.158. The van der Waals surface area contributed by atoms with Crippen LogP contribution in [0, 0.1) is 0 Å². The number of hydrogen-bond donors (Lipinski definition) is 1. The van der Waals surface area contributed by atoms with Gasteiger partial charge >= 0.3 is 0 Å². The van der Waals surface area contributed by atoms with Crippen molar-refractivity contribution in [2.45, 2.75) is 18.0 Å². The maximum Gasteiger partial charge on any atom is 0.261 e. The highest BCUT2D eigenvalue weighted by Gasteiger charge is 2.24. The summed E-state index contributed by atoms with van der Waals surface area (Å²) >= 11 is 15.9. The number of halogens is 3. The molecule has 218 valence electrons. The van der Waals surface area contributed by atoms with Crippen molar-refractivity contribution in [3.63, 3.8) is 0 Å². The van der Waals surface area contributed by atoms with Crippen molar-refractivity contribution in [1.29, 1.82) is 0 Å². The number of carbonyl (C=O) groups is 1. The molecule has 0 saturated heterocycles. The van der Waals surface area contributed by atoms with Crippen LogP contribution in [0.2, 0.25) is 10.0 Å². The minimum atomic E-state index is -4.08. The van der Waals surface area contributed by atoms with Crippen LogP contribution < -0.4 is 9.46 Å². The van der Waals surface area contributed by atoms with Gasteiger partial charge in [-0.2, -0.15) is 0 Å². The molecule has 0 saturated carbocycles. The number of rotatable bonds is 10. The first-order valence-corrected chi connectivity index (χ1v) is 16.1. The fourth-order valence-corrected chi connectivity index (χ4v) is 6.00. The number of hydrogen-bond acceptors (Lipinski definition) is 4. The van der Waals surface area contributed by atoms with Crippen LogP contribution in [0.4, 0.5) is 5.69 Å². The van der Waals surface area contributed by atoms with Gasteiger partial charge in [-0.15, -0.1) is 0 Å². The lowest BCUT2D eigenvalue weighted by Gasteiger charge is -2.25. The Balaban J connectivity index is 1.41. The lowest BCUT2D eigenvalue weighted by atomic mass is 10.1. The monoisotopic (exact) mass is 694 g/mol. The number of anilines is 1. The van der Waals surface area contributed by atoms with Crippen LogP contribution in [0.25, 0.3) is 0 Å². The third kappa shape index (κ3) is 7.97. The van der Waals surface area contributed by atoms with E-state index >= 15 is 0 Å². The lowest BCUT2D eigenvalue weighted by molar-refractivity contribution is 0.0731. The van der Waals surface area contributed by atoms with Gasteiger partial charge < -0.3 is 9.64 Å². The highest BCUT2D eigenvalue weighted by molar-refractivity contribution is 9.10. The predicted molar refractivity (Wildman–Crippen MR) is 174 cm³/mol. The van der Waals surface area contributed by atoms with E-state index in [0.717, 1.165) is 15.6 Å². The van der Waals surface area contributed by atoms with Gasteiger partial charge in [-0.25, -0.2) is 8.42 Å². The van der Waals surface area contributed by atoms with Gasteiger partial charge in [0.05, 0.1) is 21.2 Å². The van der Waals surface area contributed by atoms with E-state index < -0.39 is 10.0 Å². The average Bonchev–Trinajstić information content (AvgIpc) is 3.00.